The second kappa shape index (κ2) is 4.18. The number of hydrogen-bond acceptors (Lipinski definition) is 3. The predicted octanol–water partition coefficient (Wildman–Crippen LogP) is 2.47. The van der Waals surface area contributed by atoms with Gasteiger partial charge in [-0.2, -0.15) is 0 Å². The number of rotatable bonds is 1. The molecule has 0 saturated carbocycles. The molecule has 0 unspecified atom stereocenters. The first kappa shape index (κ1) is 10.8. The van der Waals surface area contributed by atoms with Crippen LogP contribution in [0, 0.1) is 11.2 Å². The molecular weight excluding hydrogens is 297 g/mol. The van der Waals surface area contributed by atoms with Crippen molar-refractivity contribution in [1.82, 2.24) is 14.4 Å². The fraction of sp³-hybridized carbons (Fsp3) is 0.0833. The average Bonchev–Trinajstić information content (AvgIpc) is 2.71. The van der Waals surface area contributed by atoms with Crippen molar-refractivity contribution in [2.24, 2.45) is 0 Å². The van der Waals surface area contributed by atoms with Gasteiger partial charge in [-0.25, -0.2) is 0 Å². The van der Waals surface area contributed by atoms with E-state index in [2.05, 4.69) is 32.5 Å². The SMILES string of the molecule is Cc1cn2c(=[Se])nc(-c3ccccc3)nc2s1. The maximum atomic E-state index is 4.58. The van der Waals surface area contributed by atoms with Gasteiger partial charge in [0.05, 0.1) is 0 Å². The zero-order chi connectivity index (χ0) is 11.8. The van der Waals surface area contributed by atoms with Gasteiger partial charge in [-0.05, 0) is 0 Å². The van der Waals surface area contributed by atoms with E-state index in [1.165, 1.54) is 4.88 Å². The Kier molecular flexibility index (Phi) is 2.67. The van der Waals surface area contributed by atoms with Crippen LogP contribution in [0.3, 0.4) is 0 Å². The molecule has 3 nitrogen and oxygen atoms in total. The summed E-state index contributed by atoms with van der Waals surface area (Å²) in [5.41, 5.74) is 1.04. The molecule has 0 atom stereocenters. The van der Waals surface area contributed by atoms with E-state index in [0.29, 0.717) is 0 Å². The minimum absolute atomic E-state index is 0.765. The Hall–Kier alpha value is -1.29. The van der Waals surface area contributed by atoms with E-state index >= 15 is 0 Å². The van der Waals surface area contributed by atoms with E-state index in [0.717, 1.165) is 20.7 Å². The maximum absolute atomic E-state index is 4.58. The van der Waals surface area contributed by atoms with Crippen molar-refractivity contribution < 1.29 is 0 Å². The molecule has 0 amide bonds. The van der Waals surface area contributed by atoms with Crippen LogP contribution < -0.4 is 0 Å². The van der Waals surface area contributed by atoms with Gasteiger partial charge in [-0.3, -0.25) is 0 Å². The summed E-state index contributed by atoms with van der Waals surface area (Å²) in [6.07, 6.45) is 2.04. The van der Waals surface area contributed by atoms with Crippen molar-refractivity contribution in [2.75, 3.05) is 0 Å². The first-order valence-electron chi connectivity index (χ1n) is 5.16. The van der Waals surface area contributed by atoms with Gasteiger partial charge < -0.3 is 0 Å². The van der Waals surface area contributed by atoms with Gasteiger partial charge in [-0.15, -0.1) is 0 Å². The first-order valence-corrected chi connectivity index (χ1v) is 6.83. The predicted molar refractivity (Wildman–Crippen MR) is 70.0 cm³/mol. The fourth-order valence-electron chi connectivity index (χ4n) is 1.65. The van der Waals surface area contributed by atoms with Crippen molar-refractivity contribution in [2.45, 2.75) is 6.92 Å². The van der Waals surface area contributed by atoms with E-state index in [-0.39, 0.29) is 0 Å². The van der Waals surface area contributed by atoms with Crippen LogP contribution >= 0.6 is 11.3 Å². The first-order chi connectivity index (χ1) is 8.24. The zero-order valence-corrected chi connectivity index (χ0v) is 11.7. The molecule has 0 saturated heterocycles. The second-order valence-electron chi connectivity index (χ2n) is 3.69. The number of thiazole rings is 1. The van der Waals surface area contributed by atoms with Crippen molar-refractivity contribution in [1.29, 1.82) is 0 Å². The molecule has 0 bridgehead atoms. The van der Waals surface area contributed by atoms with E-state index in [1.807, 2.05) is 40.9 Å². The van der Waals surface area contributed by atoms with Gasteiger partial charge >= 0.3 is 110 Å². The molecule has 5 heteroatoms. The Morgan fingerprint density at radius 1 is 1.18 bits per heavy atom. The van der Waals surface area contributed by atoms with E-state index < -0.39 is 0 Å². The summed E-state index contributed by atoms with van der Waals surface area (Å²) >= 11 is 4.65. The van der Waals surface area contributed by atoms with Crippen LogP contribution in [0.1, 0.15) is 4.88 Å². The third-order valence-corrected chi connectivity index (χ3v) is 3.91. The Bertz CT molecular complexity index is 730. The topological polar surface area (TPSA) is 30.2 Å². The van der Waals surface area contributed by atoms with Crippen molar-refractivity contribution >= 4 is 31.9 Å². The summed E-state index contributed by atoms with van der Waals surface area (Å²) in [7, 11) is 0. The van der Waals surface area contributed by atoms with Crippen molar-refractivity contribution in [3.8, 4) is 11.4 Å². The zero-order valence-electron chi connectivity index (χ0n) is 9.12. The van der Waals surface area contributed by atoms with E-state index in [4.69, 9.17) is 0 Å². The standard InChI is InChI=1S/C12H9N3SSe/c1-8-7-15-11(16-8)13-10(14-12(15)17)9-5-3-2-4-6-9/h2-7H,1H3. The van der Waals surface area contributed by atoms with Crippen LogP contribution in [0.5, 0.6) is 0 Å². The minimum atomic E-state index is 0.765. The Morgan fingerprint density at radius 2 is 1.94 bits per heavy atom. The van der Waals surface area contributed by atoms with Gasteiger partial charge in [0.15, 0.2) is 0 Å². The molecule has 2 aromatic heterocycles. The molecule has 84 valence electrons. The Labute approximate surface area is 110 Å². The average molecular weight is 306 g/mol. The normalized spacial score (nSPS) is 10.9. The van der Waals surface area contributed by atoms with Crippen LogP contribution in [0.25, 0.3) is 16.3 Å². The number of aromatic nitrogens is 3. The number of benzene rings is 1. The number of aryl methyl sites for hydroxylation is 1. The molecule has 0 aliphatic carbocycles. The summed E-state index contributed by atoms with van der Waals surface area (Å²) in [6.45, 7) is 2.07. The van der Waals surface area contributed by atoms with Crippen LogP contribution in [0.2, 0.25) is 0 Å². The molecule has 3 rings (SSSR count). The third-order valence-electron chi connectivity index (χ3n) is 2.41. The summed E-state index contributed by atoms with van der Waals surface area (Å²) in [6, 6.07) is 10.0. The third kappa shape index (κ3) is 1.97. The van der Waals surface area contributed by atoms with Gasteiger partial charge in [-0.1, -0.05) is 0 Å². The summed E-state index contributed by atoms with van der Waals surface area (Å²) in [4.78, 5) is 11.3. The summed E-state index contributed by atoms with van der Waals surface area (Å²) in [5.74, 6) is 0.765. The fourth-order valence-corrected chi connectivity index (χ4v) is 3.07. The second-order valence-corrected chi connectivity index (χ2v) is 5.67. The molecule has 1 aromatic carbocycles. The van der Waals surface area contributed by atoms with Crippen molar-refractivity contribution in [3.05, 3.63) is 45.7 Å². The van der Waals surface area contributed by atoms with Crippen LogP contribution in [0.15, 0.2) is 36.5 Å². The molecule has 3 aromatic rings. The number of hydrogen-bond donors (Lipinski definition) is 0. The molecule has 2 heterocycles. The van der Waals surface area contributed by atoms with Gasteiger partial charge in [0, 0.05) is 0 Å². The molecule has 0 radical (unpaired) electrons. The molecule has 0 aliphatic heterocycles. The molecule has 0 aliphatic rings. The molecule has 0 spiro atoms. The van der Waals surface area contributed by atoms with Crippen LogP contribution in [-0.4, -0.2) is 29.9 Å². The Balaban J connectivity index is 2.29. The van der Waals surface area contributed by atoms with Gasteiger partial charge in [0.25, 0.3) is 0 Å². The summed E-state index contributed by atoms with van der Waals surface area (Å²) in [5, 5.41) is 0. The van der Waals surface area contributed by atoms with Crippen molar-refractivity contribution in [3.63, 3.8) is 0 Å². The monoisotopic (exact) mass is 307 g/mol. The Morgan fingerprint density at radius 3 is 2.71 bits per heavy atom. The molecule has 0 N–H and O–H groups in total. The van der Waals surface area contributed by atoms with Gasteiger partial charge in [0.2, 0.25) is 0 Å². The van der Waals surface area contributed by atoms with Crippen LogP contribution in [-0.2, 0) is 0 Å². The van der Waals surface area contributed by atoms with Crippen LogP contribution in [0.4, 0.5) is 0 Å². The quantitative estimate of drug-likeness (QED) is 0.647. The van der Waals surface area contributed by atoms with Gasteiger partial charge in [0.1, 0.15) is 0 Å². The number of fused-ring (bicyclic) bond motifs is 1. The molecule has 17 heavy (non-hydrogen) atoms. The number of nitrogens with zero attached hydrogens (tertiary/aromatic N) is 3. The summed E-state index contributed by atoms with van der Waals surface area (Å²) < 4.78 is 2.82. The van der Waals surface area contributed by atoms with E-state index in [9.17, 15) is 0 Å². The van der Waals surface area contributed by atoms with E-state index in [1.54, 1.807) is 11.3 Å². The molecular formula is C12H9N3SSe. The molecule has 0 fully saturated rings.